The summed E-state index contributed by atoms with van der Waals surface area (Å²) in [7, 11) is 2.03. The van der Waals surface area contributed by atoms with Gasteiger partial charge in [-0.3, -0.25) is 15.0 Å². The fraction of sp³-hybridized carbons (Fsp3) is 0.500. The Balaban J connectivity index is 2.10. The van der Waals surface area contributed by atoms with Crippen LogP contribution in [0.2, 0.25) is 0 Å². The number of allylic oxidation sites excluding steroid dienone is 1. The molecule has 1 aromatic carbocycles. The van der Waals surface area contributed by atoms with Gasteiger partial charge in [0.05, 0.1) is 18.0 Å². The topological polar surface area (TPSA) is 42.3 Å². The summed E-state index contributed by atoms with van der Waals surface area (Å²) in [4.78, 5) is 7.91. The Labute approximate surface area is 163 Å². The smallest absolute Gasteiger partial charge is 0.158 e. The van der Waals surface area contributed by atoms with Gasteiger partial charge in [-0.2, -0.15) is 5.10 Å². The highest BCUT2D eigenvalue weighted by Crippen LogP contribution is 2.39. The Morgan fingerprint density at radius 1 is 1.22 bits per heavy atom. The molecule has 2 aromatic rings. The van der Waals surface area contributed by atoms with E-state index >= 15 is 0 Å². The molecule has 0 saturated carbocycles. The van der Waals surface area contributed by atoms with Crippen LogP contribution in [0.1, 0.15) is 54.6 Å². The van der Waals surface area contributed by atoms with Crippen molar-refractivity contribution in [1.29, 1.82) is 0 Å². The number of nitrogens with zero attached hydrogens (tertiary/aromatic N) is 3. The predicted molar refractivity (Wildman–Crippen MR) is 112 cm³/mol. The van der Waals surface area contributed by atoms with Gasteiger partial charge in [0.1, 0.15) is 0 Å². The standard InChI is InChI=1S/C22H32N4O/c1-7-10-19(24-27-8-2)21-18-11-9-12-26(22(18)23-25(21)6)20-16(4)13-15(3)14-17(20)5/h10,13-14,24H,7-9,11-12H2,1-6H3. The van der Waals surface area contributed by atoms with E-state index in [-0.39, 0.29) is 0 Å². The molecule has 1 aromatic heterocycles. The minimum absolute atomic E-state index is 0.620. The number of hydrogen-bond donors (Lipinski definition) is 1. The first kappa shape index (κ1) is 19.5. The highest BCUT2D eigenvalue weighted by Gasteiger charge is 2.29. The summed E-state index contributed by atoms with van der Waals surface area (Å²) in [6.45, 7) is 12.3. The average molecular weight is 369 g/mol. The third-order valence-electron chi connectivity index (χ3n) is 5.08. The van der Waals surface area contributed by atoms with Crippen molar-refractivity contribution in [3.63, 3.8) is 0 Å². The number of rotatable bonds is 6. The van der Waals surface area contributed by atoms with Gasteiger partial charge in [-0.15, -0.1) is 0 Å². The van der Waals surface area contributed by atoms with E-state index < -0.39 is 0 Å². The zero-order valence-electron chi connectivity index (χ0n) is 17.5. The lowest BCUT2D eigenvalue weighted by Crippen LogP contribution is -2.26. The van der Waals surface area contributed by atoms with Gasteiger partial charge in [0.2, 0.25) is 0 Å². The first-order chi connectivity index (χ1) is 13.0. The van der Waals surface area contributed by atoms with Crippen LogP contribution in [0.4, 0.5) is 11.5 Å². The zero-order valence-corrected chi connectivity index (χ0v) is 17.5. The SMILES string of the molecule is CCC=C(NOCC)c1c2c(nn1C)N(c1c(C)cc(C)cc1C)CCC2. The molecule has 1 aliphatic rings. The fourth-order valence-corrected chi connectivity index (χ4v) is 4.21. The Morgan fingerprint density at radius 3 is 2.56 bits per heavy atom. The Morgan fingerprint density at radius 2 is 1.93 bits per heavy atom. The first-order valence-electron chi connectivity index (χ1n) is 9.97. The molecule has 5 heteroatoms. The molecule has 0 atom stereocenters. The molecule has 0 spiro atoms. The number of nitrogens with one attached hydrogen (secondary N) is 1. The van der Waals surface area contributed by atoms with Gasteiger partial charge in [-0.25, -0.2) is 0 Å². The summed E-state index contributed by atoms with van der Waals surface area (Å²) >= 11 is 0. The molecular weight excluding hydrogens is 336 g/mol. The average Bonchev–Trinajstić information content (AvgIpc) is 2.94. The van der Waals surface area contributed by atoms with Crippen LogP contribution >= 0.6 is 0 Å². The highest BCUT2D eigenvalue weighted by molar-refractivity contribution is 5.76. The fourth-order valence-electron chi connectivity index (χ4n) is 4.21. The minimum atomic E-state index is 0.620. The number of fused-ring (bicyclic) bond motifs is 1. The predicted octanol–water partition coefficient (Wildman–Crippen LogP) is 4.72. The molecule has 5 nitrogen and oxygen atoms in total. The van der Waals surface area contributed by atoms with Crippen molar-refractivity contribution in [3.8, 4) is 0 Å². The van der Waals surface area contributed by atoms with Gasteiger partial charge < -0.3 is 4.90 Å². The quantitative estimate of drug-likeness (QED) is 0.749. The van der Waals surface area contributed by atoms with Crippen LogP contribution in [0.15, 0.2) is 18.2 Å². The van der Waals surface area contributed by atoms with Crippen LogP contribution in [-0.2, 0) is 18.3 Å². The second-order valence-electron chi connectivity index (χ2n) is 7.34. The molecule has 0 aliphatic carbocycles. The molecule has 2 heterocycles. The normalized spacial score (nSPS) is 14.4. The molecule has 0 radical (unpaired) electrons. The van der Waals surface area contributed by atoms with E-state index in [1.54, 1.807) is 0 Å². The van der Waals surface area contributed by atoms with Crippen molar-refractivity contribution < 1.29 is 4.84 Å². The van der Waals surface area contributed by atoms with Crippen molar-refractivity contribution in [1.82, 2.24) is 15.3 Å². The van der Waals surface area contributed by atoms with E-state index in [4.69, 9.17) is 9.94 Å². The summed E-state index contributed by atoms with van der Waals surface area (Å²) in [6, 6.07) is 4.53. The molecule has 3 rings (SSSR count). The maximum atomic E-state index is 5.51. The lowest BCUT2D eigenvalue weighted by Gasteiger charge is -2.31. The molecule has 1 N–H and O–H groups in total. The summed E-state index contributed by atoms with van der Waals surface area (Å²) in [5, 5.41) is 4.93. The van der Waals surface area contributed by atoms with Gasteiger partial charge in [0, 0.05) is 24.8 Å². The van der Waals surface area contributed by atoms with Gasteiger partial charge in [0.25, 0.3) is 0 Å². The molecule has 146 valence electrons. The van der Waals surface area contributed by atoms with Gasteiger partial charge in [0.15, 0.2) is 5.82 Å². The van der Waals surface area contributed by atoms with Crippen molar-refractivity contribution in [2.45, 2.75) is 53.9 Å². The third-order valence-corrected chi connectivity index (χ3v) is 5.08. The Kier molecular flexibility index (Phi) is 5.90. The van der Waals surface area contributed by atoms with Crippen molar-refractivity contribution in [2.75, 3.05) is 18.1 Å². The maximum absolute atomic E-state index is 5.51. The van der Waals surface area contributed by atoms with Gasteiger partial charge in [-0.1, -0.05) is 30.7 Å². The number of hydrogen-bond acceptors (Lipinski definition) is 4. The van der Waals surface area contributed by atoms with E-state index in [1.165, 1.54) is 27.9 Å². The van der Waals surface area contributed by atoms with E-state index in [0.29, 0.717) is 6.61 Å². The van der Waals surface area contributed by atoms with E-state index in [0.717, 1.165) is 43.0 Å². The molecule has 0 saturated heterocycles. The molecule has 0 unspecified atom stereocenters. The number of hydroxylamine groups is 1. The second kappa shape index (κ2) is 8.17. The summed E-state index contributed by atoms with van der Waals surface area (Å²) in [5.41, 5.74) is 11.8. The summed E-state index contributed by atoms with van der Waals surface area (Å²) in [6.07, 6.45) is 5.27. The van der Waals surface area contributed by atoms with Crippen LogP contribution in [0.25, 0.3) is 5.70 Å². The van der Waals surface area contributed by atoms with Crippen molar-refractivity contribution in [3.05, 3.63) is 46.2 Å². The highest BCUT2D eigenvalue weighted by atomic mass is 16.6. The Bertz CT molecular complexity index is 827. The number of aromatic nitrogens is 2. The number of anilines is 2. The lowest BCUT2D eigenvalue weighted by molar-refractivity contribution is 0.0893. The minimum Gasteiger partial charge on any atom is -0.324 e. The molecule has 0 bridgehead atoms. The van der Waals surface area contributed by atoms with E-state index in [2.05, 4.69) is 56.3 Å². The van der Waals surface area contributed by atoms with Crippen molar-refractivity contribution >= 4 is 17.2 Å². The maximum Gasteiger partial charge on any atom is 0.158 e. The Hall–Kier alpha value is -2.27. The second-order valence-corrected chi connectivity index (χ2v) is 7.34. The van der Waals surface area contributed by atoms with E-state index in [1.807, 2.05) is 18.7 Å². The lowest BCUT2D eigenvalue weighted by atomic mass is 9.99. The zero-order chi connectivity index (χ0) is 19.6. The van der Waals surface area contributed by atoms with Gasteiger partial charge in [-0.05, 0) is 58.1 Å². The molecular formula is C22H32N4O. The van der Waals surface area contributed by atoms with Gasteiger partial charge >= 0.3 is 0 Å². The van der Waals surface area contributed by atoms with E-state index in [9.17, 15) is 0 Å². The largest absolute Gasteiger partial charge is 0.324 e. The molecule has 27 heavy (non-hydrogen) atoms. The van der Waals surface area contributed by atoms with Crippen LogP contribution in [0, 0.1) is 20.8 Å². The third kappa shape index (κ3) is 3.74. The van der Waals surface area contributed by atoms with Crippen LogP contribution in [0.3, 0.4) is 0 Å². The van der Waals surface area contributed by atoms with Crippen molar-refractivity contribution in [2.24, 2.45) is 7.05 Å². The van der Waals surface area contributed by atoms with Crippen LogP contribution < -0.4 is 10.4 Å². The molecule has 0 fully saturated rings. The molecule has 1 aliphatic heterocycles. The first-order valence-corrected chi connectivity index (χ1v) is 9.97. The van der Waals surface area contributed by atoms with Crippen LogP contribution in [-0.4, -0.2) is 22.9 Å². The molecule has 0 amide bonds. The summed E-state index contributed by atoms with van der Waals surface area (Å²) in [5.74, 6) is 1.08. The monoisotopic (exact) mass is 368 g/mol. The number of aryl methyl sites for hydroxylation is 4. The number of benzene rings is 1. The van der Waals surface area contributed by atoms with Crippen LogP contribution in [0.5, 0.6) is 0 Å². The summed E-state index contributed by atoms with van der Waals surface area (Å²) < 4.78 is 2.00.